The van der Waals surface area contributed by atoms with E-state index >= 15 is 0 Å². The molecule has 0 radical (unpaired) electrons. The largest absolute Gasteiger partial charge is 0.478 e. The van der Waals surface area contributed by atoms with Crippen LogP contribution in [0, 0.1) is 0 Å². The number of nitrogens with zero attached hydrogens (tertiary/aromatic N) is 3. The van der Waals surface area contributed by atoms with E-state index < -0.39 is 11.9 Å². The second kappa shape index (κ2) is 5.44. The molecular weight excluding hydrogens is 286 g/mol. The summed E-state index contributed by atoms with van der Waals surface area (Å²) >= 11 is 0. The molecule has 0 atom stereocenters. The molecule has 1 aliphatic heterocycles. The maximum Gasteiger partial charge on any atom is 0.335 e. The zero-order chi connectivity index (χ0) is 15.7. The number of aromatic nitrogens is 2. The van der Waals surface area contributed by atoms with Crippen molar-refractivity contribution in [1.82, 2.24) is 14.5 Å². The molecule has 0 saturated heterocycles. The normalized spacial score (nSPS) is 13.5. The number of carboxylic acids is 1. The van der Waals surface area contributed by atoms with Crippen molar-refractivity contribution in [3.63, 3.8) is 0 Å². The molecule has 112 valence electrons. The third-order valence-electron chi connectivity index (χ3n) is 3.57. The maximum absolute atomic E-state index is 12.3. The minimum absolute atomic E-state index is 0.000153. The van der Waals surface area contributed by atoms with E-state index in [0.717, 1.165) is 4.90 Å². The number of hydrogen-bond acceptors (Lipinski definition) is 4. The van der Waals surface area contributed by atoms with Crippen LogP contribution in [0.25, 0.3) is 0 Å². The van der Waals surface area contributed by atoms with Crippen molar-refractivity contribution in [2.75, 3.05) is 6.54 Å². The van der Waals surface area contributed by atoms with Crippen LogP contribution in [0.4, 0.5) is 0 Å². The quantitative estimate of drug-likeness (QED) is 0.839. The molecule has 1 N–H and O–H groups in total. The molecule has 2 amide bonds. The number of hydrogen-bond donors (Lipinski definition) is 1. The number of amides is 2. The first-order valence-electron chi connectivity index (χ1n) is 6.77. The van der Waals surface area contributed by atoms with Crippen LogP contribution >= 0.6 is 0 Å². The highest BCUT2D eigenvalue weighted by molar-refractivity contribution is 6.21. The molecule has 0 fully saturated rings. The molecule has 0 saturated carbocycles. The number of imide groups is 1. The molecule has 3 rings (SSSR count). The number of carbonyl (C=O) groups is 3. The van der Waals surface area contributed by atoms with Crippen LogP contribution in [0.5, 0.6) is 0 Å². The van der Waals surface area contributed by atoms with E-state index in [9.17, 15) is 14.4 Å². The molecule has 1 aromatic carbocycles. The van der Waals surface area contributed by atoms with Gasteiger partial charge in [0, 0.05) is 25.5 Å². The number of aromatic carboxylic acids is 1. The van der Waals surface area contributed by atoms with Crippen LogP contribution in [0.2, 0.25) is 0 Å². The molecule has 0 bridgehead atoms. The fourth-order valence-electron chi connectivity index (χ4n) is 2.46. The van der Waals surface area contributed by atoms with Crippen molar-refractivity contribution in [2.45, 2.75) is 13.0 Å². The van der Waals surface area contributed by atoms with Gasteiger partial charge in [0.15, 0.2) is 0 Å². The first-order chi connectivity index (χ1) is 10.6. The van der Waals surface area contributed by atoms with Gasteiger partial charge in [0.2, 0.25) is 0 Å². The number of aryl methyl sites for hydroxylation is 1. The lowest BCUT2D eigenvalue weighted by Gasteiger charge is -2.13. The molecule has 22 heavy (non-hydrogen) atoms. The minimum Gasteiger partial charge on any atom is -0.478 e. The monoisotopic (exact) mass is 299 g/mol. The van der Waals surface area contributed by atoms with Gasteiger partial charge in [0.25, 0.3) is 11.8 Å². The number of carbonyl (C=O) groups excluding carboxylic acids is 2. The number of rotatable bonds is 5. The van der Waals surface area contributed by atoms with E-state index in [0.29, 0.717) is 13.0 Å². The van der Waals surface area contributed by atoms with Gasteiger partial charge < -0.3 is 9.67 Å². The second-order valence-corrected chi connectivity index (χ2v) is 4.98. The van der Waals surface area contributed by atoms with Crippen LogP contribution in [0.15, 0.2) is 36.9 Å². The molecule has 0 aliphatic carbocycles. The van der Waals surface area contributed by atoms with Gasteiger partial charge in [0.05, 0.1) is 23.0 Å². The van der Waals surface area contributed by atoms with Crippen LogP contribution in [-0.2, 0) is 6.54 Å². The Hall–Kier alpha value is -2.96. The maximum atomic E-state index is 12.3. The zero-order valence-corrected chi connectivity index (χ0v) is 11.6. The third kappa shape index (κ3) is 2.37. The van der Waals surface area contributed by atoms with Crippen LogP contribution in [0.3, 0.4) is 0 Å². The number of imidazole rings is 1. The Balaban J connectivity index is 1.73. The Kier molecular flexibility index (Phi) is 3.46. The Bertz CT molecular complexity index is 752. The van der Waals surface area contributed by atoms with Gasteiger partial charge in [-0.1, -0.05) is 0 Å². The lowest BCUT2D eigenvalue weighted by atomic mass is 10.1. The summed E-state index contributed by atoms with van der Waals surface area (Å²) in [5.41, 5.74) is 0.422. The lowest BCUT2D eigenvalue weighted by molar-refractivity contribution is 0.0649. The van der Waals surface area contributed by atoms with Crippen LogP contribution in [0.1, 0.15) is 37.5 Å². The minimum atomic E-state index is -1.12. The first kappa shape index (κ1) is 14.0. The highest BCUT2D eigenvalue weighted by Crippen LogP contribution is 2.24. The summed E-state index contributed by atoms with van der Waals surface area (Å²) in [6.45, 7) is 0.931. The highest BCUT2D eigenvalue weighted by atomic mass is 16.4. The SMILES string of the molecule is O=C(O)c1ccc2c(c1)C(=O)N(CCCn1ccnc1)C2=O. The summed E-state index contributed by atoms with van der Waals surface area (Å²) in [6, 6.07) is 3.99. The van der Waals surface area contributed by atoms with Crippen molar-refractivity contribution in [3.8, 4) is 0 Å². The van der Waals surface area contributed by atoms with Crippen LogP contribution in [-0.4, -0.2) is 43.9 Å². The van der Waals surface area contributed by atoms with Gasteiger partial charge in [-0.25, -0.2) is 9.78 Å². The standard InChI is InChI=1S/C15H13N3O4/c19-13-11-3-2-10(15(21)22)8-12(11)14(20)18(13)6-1-5-17-7-4-16-9-17/h2-4,7-9H,1,5-6H2,(H,21,22). The summed E-state index contributed by atoms with van der Waals surface area (Å²) in [6.07, 6.45) is 5.74. The summed E-state index contributed by atoms with van der Waals surface area (Å²) in [5.74, 6) is -1.93. The second-order valence-electron chi connectivity index (χ2n) is 4.98. The molecule has 1 aromatic heterocycles. The Morgan fingerprint density at radius 3 is 2.59 bits per heavy atom. The molecule has 1 aliphatic rings. The molecule has 0 spiro atoms. The molecule has 7 heteroatoms. The van der Waals surface area contributed by atoms with Gasteiger partial charge in [-0.05, 0) is 24.6 Å². The fraction of sp³-hybridized carbons (Fsp3) is 0.200. The van der Waals surface area contributed by atoms with E-state index in [2.05, 4.69) is 4.98 Å². The summed E-state index contributed by atoms with van der Waals surface area (Å²) in [7, 11) is 0. The fourth-order valence-corrected chi connectivity index (χ4v) is 2.46. The van der Waals surface area contributed by atoms with Gasteiger partial charge in [0.1, 0.15) is 0 Å². The summed E-state index contributed by atoms with van der Waals surface area (Å²) in [5, 5.41) is 8.96. The number of fused-ring (bicyclic) bond motifs is 1. The molecular formula is C15H13N3O4. The van der Waals surface area contributed by atoms with E-state index in [-0.39, 0.29) is 29.1 Å². The average molecular weight is 299 g/mol. The van der Waals surface area contributed by atoms with E-state index in [4.69, 9.17) is 5.11 Å². The average Bonchev–Trinajstić information content (AvgIpc) is 3.10. The summed E-state index contributed by atoms with van der Waals surface area (Å²) in [4.78, 5) is 40.5. The van der Waals surface area contributed by atoms with Gasteiger partial charge in [-0.2, -0.15) is 0 Å². The van der Waals surface area contributed by atoms with Gasteiger partial charge in [-0.3, -0.25) is 14.5 Å². The number of carboxylic acid groups (broad SMARTS) is 1. The Morgan fingerprint density at radius 1 is 1.14 bits per heavy atom. The highest BCUT2D eigenvalue weighted by Gasteiger charge is 2.35. The van der Waals surface area contributed by atoms with Gasteiger partial charge >= 0.3 is 5.97 Å². The third-order valence-corrected chi connectivity index (χ3v) is 3.57. The van der Waals surface area contributed by atoms with Gasteiger partial charge in [-0.15, -0.1) is 0 Å². The van der Waals surface area contributed by atoms with Crippen molar-refractivity contribution in [3.05, 3.63) is 53.6 Å². The van der Waals surface area contributed by atoms with Crippen LogP contribution < -0.4 is 0 Å². The number of benzene rings is 1. The first-order valence-corrected chi connectivity index (χ1v) is 6.77. The van der Waals surface area contributed by atoms with Crippen molar-refractivity contribution in [1.29, 1.82) is 0 Å². The molecule has 2 aromatic rings. The van der Waals surface area contributed by atoms with Crippen molar-refractivity contribution < 1.29 is 19.5 Å². The Labute approximate surface area is 125 Å². The topological polar surface area (TPSA) is 92.5 Å². The molecule has 2 heterocycles. The van der Waals surface area contributed by atoms with E-state index in [1.807, 2.05) is 10.8 Å². The summed E-state index contributed by atoms with van der Waals surface area (Å²) < 4.78 is 1.86. The van der Waals surface area contributed by atoms with Crippen molar-refractivity contribution in [2.24, 2.45) is 0 Å². The smallest absolute Gasteiger partial charge is 0.335 e. The van der Waals surface area contributed by atoms with E-state index in [1.54, 1.807) is 12.5 Å². The molecule has 0 unspecified atom stereocenters. The predicted molar refractivity (Wildman–Crippen MR) is 75.6 cm³/mol. The lowest BCUT2D eigenvalue weighted by Crippen LogP contribution is -2.31. The predicted octanol–water partition coefficient (Wildman–Crippen LogP) is 1.27. The van der Waals surface area contributed by atoms with E-state index in [1.165, 1.54) is 18.2 Å². The van der Waals surface area contributed by atoms with Crippen molar-refractivity contribution >= 4 is 17.8 Å². The Morgan fingerprint density at radius 2 is 1.91 bits per heavy atom. The zero-order valence-electron chi connectivity index (χ0n) is 11.6. The molecule has 7 nitrogen and oxygen atoms in total.